The lowest BCUT2D eigenvalue weighted by Gasteiger charge is -2.11. The zero-order valence-electron chi connectivity index (χ0n) is 13.1. The molecular formula is C19H17N3O. The predicted octanol–water partition coefficient (Wildman–Crippen LogP) is 4.11. The third kappa shape index (κ3) is 2.14. The zero-order valence-corrected chi connectivity index (χ0v) is 13.1. The first-order chi connectivity index (χ1) is 11.1. The Hall–Kier alpha value is -2.88. The summed E-state index contributed by atoms with van der Waals surface area (Å²) in [5.74, 6) is 0.733. The molecule has 23 heavy (non-hydrogen) atoms. The number of benzene rings is 2. The van der Waals surface area contributed by atoms with Crippen LogP contribution in [0.15, 0.2) is 48.5 Å². The van der Waals surface area contributed by atoms with Crippen LogP contribution >= 0.6 is 0 Å². The monoisotopic (exact) mass is 303 g/mol. The van der Waals surface area contributed by atoms with Crippen LogP contribution in [0.1, 0.15) is 31.3 Å². The van der Waals surface area contributed by atoms with Crippen LogP contribution in [0.2, 0.25) is 0 Å². The number of para-hydroxylation sites is 3. The van der Waals surface area contributed by atoms with Gasteiger partial charge in [0.05, 0.1) is 16.6 Å². The summed E-state index contributed by atoms with van der Waals surface area (Å²) in [5.41, 5.74) is 4.48. The van der Waals surface area contributed by atoms with Gasteiger partial charge in [0.1, 0.15) is 5.82 Å². The van der Waals surface area contributed by atoms with Crippen LogP contribution in [-0.2, 0) is 4.79 Å². The van der Waals surface area contributed by atoms with E-state index in [-0.39, 0.29) is 11.9 Å². The smallest absolute Gasteiger partial charge is 0.256 e. The van der Waals surface area contributed by atoms with Crippen LogP contribution in [0.3, 0.4) is 0 Å². The van der Waals surface area contributed by atoms with Gasteiger partial charge in [0.2, 0.25) is 0 Å². The lowest BCUT2D eigenvalue weighted by atomic mass is 10.1. The van der Waals surface area contributed by atoms with E-state index in [4.69, 9.17) is 4.98 Å². The van der Waals surface area contributed by atoms with E-state index in [9.17, 15) is 4.79 Å². The van der Waals surface area contributed by atoms with E-state index < -0.39 is 0 Å². The van der Waals surface area contributed by atoms with Crippen molar-refractivity contribution >= 4 is 34.3 Å². The number of carbonyl (C=O) groups is 1. The van der Waals surface area contributed by atoms with Gasteiger partial charge in [0.25, 0.3) is 5.91 Å². The summed E-state index contributed by atoms with van der Waals surface area (Å²) >= 11 is 0. The van der Waals surface area contributed by atoms with Gasteiger partial charge in [-0.3, -0.25) is 4.79 Å². The Morgan fingerprint density at radius 3 is 2.65 bits per heavy atom. The topological polar surface area (TPSA) is 46.9 Å². The van der Waals surface area contributed by atoms with Gasteiger partial charge in [-0.25, -0.2) is 4.98 Å². The van der Waals surface area contributed by atoms with Crippen LogP contribution in [0.25, 0.3) is 22.7 Å². The quantitative estimate of drug-likeness (QED) is 0.724. The third-order valence-corrected chi connectivity index (χ3v) is 4.12. The maximum absolute atomic E-state index is 12.3. The normalized spacial score (nSPS) is 15.4. The largest absolute Gasteiger partial charge is 0.322 e. The molecule has 2 aromatic carbocycles. The molecule has 0 saturated heterocycles. The fourth-order valence-electron chi connectivity index (χ4n) is 3.12. The minimum Gasteiger partial charge on any atom is -0.322 e. The maximum Gasteiger partial charge on any atom is 0.256 e. The van der Waals surface area contributed by atoms with E-state index >= 15 is 0 Å². The molecule has 1 aliphatic heterocycles. The number of rotatable bonds is 2. The Bertz CT molecular complexity index is 950. The number of nitrogens with one attached hydrogen (secondary N) is 1. The van der Waals surface area contributed by atoms with Crippen molar-refractivity contribution < 1.29 is 4.79 Å². The van der Waals surface area contributed by atoms with Gasteiger partial charge in [0, 0.05) is 17.3 Å². The van der Waals surface area contributed by atoms with E-state index in [2.05, 4.69) is 29.8 Å². The first-order valence-corrected chi connectivity index (χ1v) is 7.74. The third-order valence-electron chi connectivity index (χ3n) is 4.12. The highest BCUT2D eigenvalue weighted by Crippen LogP contribution is 2.33. The Kier molecular flexibility index (Phi) is 3.05. The number of fused-ring (bicyclic) bond motifs is 2. The summed E-state index contributed by atoms with van der Waals surface area (Å²) in [5, 5.41) is 2.91. The van der Waals surface area contributed by atoms with E-state index in [0.717, 1.165) is 28.1 Å². The number of aromatic nitrogens is 2. The summed E-state index contributed by atoms with van der Waals surface area (Å²) in [6.45, 7) is 4.25. The van der Waals surface area contributed by atoms with Crippen molar-refractivity contribution in [3.8, 4) is 0 Å². The van der Waals surface area contributed by atoms with Crippen LogP contribution in [-0.4, -0.2) is 15.5 Å². The second-order valence-corrected chi connectivity index (χ2v) is 5.98. The van der Waals surface area contributed by atoms with Gasteiger partial charge < -0.3 is 9.88 Å². The number of amides is 1. The molecule has 1 N–H and O–H groups in total. The number of imidazole rings is 1. The number of carbonyl (C=O) groups excluding carboxylic acids is 1. The molecule has 1 aliphatic rings. The van der Waals surface area contributed by atoms with Gasteiger partial charge in [-0.2, -0.15) is 0 Å². The highest BCUT2D eigenvalue weighted by molar-refractivity contribution is 6.34. The number of anilines is 1. The van der Waals surface area contributed by atoms with Crippen molar-refractivity contribution in [2.75, 3.05) is 5.32 Å². The van der Waals surface area contributed by atoms with Gasteiger partial charge in [0.15, 0.2) is 0 Å². The highest BCUT2D eigenvalue weighted by atomic mass is 16.2. The molecule has 0 radical (unpaired) electrons. The SMILES string of the molecule is CC(C)n1c(/C=C2/C(=O)Nc3ccccc32)nc2ccccc21. The fraction of sp³-hybridized carbons (Fsp3) is 0.158. The zero-order chi connectivity index (χ0) is 16.0. The molecule has 0 saturated carbocycles. The van der Waals surface area contributed by atoms with E-state index in [1.165, 1.54) is 0 Å². The van der Waals surface area contributed by atoms with E-state index in [1.807, 2.05) is 48.5 Å². The fourth-order valence-corrected chi connectivity index (χ4v) is 3.12. The summed E-state index contributed by atoms with van der Waals surface area (Å²) in [6.07, 6.45) is 1.89. The maximum atomic E-state index is 12.3. The lowest BCUT2D eigenvalue weighted by Crippen LogP contribution is -2.06. The average molecular weight is 303 g/mol. The van der Waals surface area contributed by atoms with Crippen molar-refractivity contribution in [2.24, 2.45) is 0 Å². The van der Waals surface area contributed by atoms with E-state index in [0.29, 0.717) is 5.57 Å². The summed E-state index contributed by atoms with van der Waals surface area (Å²) in [6, 6.07) is 16.1. The lowest BCUT2D eigenvalue weighted by molar-refractivity contribution is -0.110. The molecule has 0 unspecified atom stereocenters. The Morgan fingerprint density at radius 2 is 1.83 bits per heavy atom. The standard InChI is InChI=1S/C19H17N3O/c1-12(2)22-17-10-6-5-9-16(17)20-18(22)11-14-13-7-3-4-8-15(13)21-19(14)23/h3-12H,1-2H3,(H,21,23)/b14-11+. The average Bonchev–Trinajstić information content (AvgIpc) is 3.05. The predicted molar refractivity (Wildman–Crippen MR) is 93.1 cm³/mol. The number of nitrogens with zero attached hydrogens (tertiary/aromatic N) is 2. The Labute approximate surface area is 134 Å². The van der Waals surface area contributed by atoms with Crippen molar-refractivity contribution in [1.82, 2.24) is 9.55 Å². The van der Waals surface area contributed by atoms with Crippen molar-refractivity contribution in [3.63, 3.8) is 0 Å². The molecule has 2 heterocycles. The molecule has 0 atom stereocenters. The molecule has 0 bridgehead atoms. The minimum absolute atomic E-state index is 0.0754. The summed E-state index contributed by atoms with van der Waals surface area (Å²) in [4.78, 5) is 17.0. The van der Waals surface area contributed by atoms with Crippen molar-refractivity contribution in [3.05, 3.63) is 59.9 Å². The van der Waals surface area contributed by atoms with Crippen LogP contribution < -0.4 is 5.32 Å². The molecule has 3 aromatic rings. The molecule has 4 nitrogen and oxygen atoms in total. The van der Waals surface area contributed by atoms with Gasteiger partial charge in [-0.15, -0.1) is 0 Å². The van der Waals surface area contributed by atoms with Gasteiger partial charge in [-0.05, 0) is 38.1 Å². The highest BCUT2D eigenvalue weighted by Gasteiger charge is 2.24. The van der Waals surface area contributed by atoms with E-state index in [1.54, 1.807) is 0 Å². The van der Waals surface area contributed by atoms with Gasteiger partial charge in [-0.1, -0.05) is 30.3 Å². The second kappa shape index (κ2) is 5.09. The second-order valence-electron chi connectivity index (χ2n) is 5.98. The molecular weight excluding hydrogens is 286 g/mol. The van der Waals surface area contributed by atoms with Crippen LogP contribution in [0, 0.1) is 0 Å². The van der Waals surface area contributed by atoms with Crippen LogP contribution in [0.5, 0.6) is 0 Å². The molecule has 0 fully saturated rings. The van der Waals surface area contributed by atoms with Crippen molar-refractivity contribution in [2.45, 2.75) is 19.9 Å². The molecule has 1 amide bonds. The molecule has 1 aromatic heterocycles. The Balaban J connectivity index is 1.94. The van der Waals surface area contributed by atoms with Crippen molar-refractivity contribution in [1.29, 1.82) is 0 Å². The van der Waals surface area contributed by atoms with Gasteiger partial charge >= 0.3 is 0 Å². The number of hydrogen-bond donors (Lipinski definition) is 1. The number of hydrogen-bond acceptors (Lipinski definition) is 2. The molecule has 0 aliphatic carbocycles. The summed E-state index contributed by atoms with van der Waals surface area (Å²) in [7, 11) is 0. The molecule has 4 heteroatoms. The molecule has 114 valence electrons. The molecule has 0 spiro atoms. The Morgan fingerprint density at radius 1 is 1.09 bits per heavy atom. The van der Waals surface area contributed by atoms with Crippen LogP contribution in [0.4, 0.5) is 5.69 Å². The summed E-state index contributed by atoms with van der Waals surface area (Å²) < 4.78 is 2.16. The first-order valence-electron chi connectivity index (χ1n) is 7.74. The first kappa shape index (κ1) is 13.8. The molecule has 4 rings (SSSR count). The minimum atomic E-state index is -0.0754.